The van der Waals surface area contributed by atoms with Crippen molar-refractivity contribution in [1.82, 2.24) is 4.73 Å². The summed E-state index contributed by atoms with van der Waals surface area (Å²) in [6.07, 6.45) is 1.01. The van der Waals surface area contributed by atoms with Crippen LogP contribution in [0.25, 0.3) is 0 Å². The average molecular weight is 344 g/mol. The maximum Gasteiger partial charge on any atom is 0.429 e. The molecule has 0 aliphatic heterocycles. The SMILES string of the molecule is CCc1c(OCc2ccccc2)c(=O)c(C(C)(C)C)cn1OC(N)=O. The molecule has 0 bridgehead atoms. The Morgan fingerprint density at radius 3 is 2.36 bits per heavy atom. The van der Waals surface area contributed by atoms with Gasteiger partial charge in [-0.3, -0.25) is 4.79 Å². The molecule has 0 radical (unpaired) electrons. The number of carbonyl (C=O) groups is 1. The first-order chi connectivity index (χ1) is 11.7. The van der Waals surface area contributed by atoms with Crippen molar-refractivity contribution in [3.63, 3.8) is 0 Å². The summed E-state index contributed by atoms with van der Waals surface area (Å²) >= 11 is 0. The third kappa shape index (κ3) is 4.41. The van der Waals surface area contributed by atoms with Crippen LogP contribution in [0.1, 0.15) is 44.5 Å². The van der Waals surface area contributed by atoms with Gasteiger partial charge < -0.3 is 15.3 Å². The number of primary amides is 1. The van der Waals surface area contributed by atoms with Crippen molar-refractivity contribution in [2.75, 3.05) is 0 Å². The highest BCUT2D eigenvalue weighted by Crippen LogP contribution is 2.24. The maximum atomic E-state index is 12.9. The Labute approximate surface area is 147 Å². The number of ether oxygens (including phenoxy) is 1. The van der Waals surface area contributed by atoms with Crippen LogP contribution in [0.4, 0.5) is 4.79 Å². The lowest BCUT2D eigenvalue weighted by molar-refractivity contribution is 0.134. The van der Waals surface area contributed by atoms with E-state index in [0.29, 0.717) is 17.7 Å². The molecule has 0 fully saturated rings. The lowest BCUT2D eigenvalue weighted by atomic mass is 9.87. The fourth-order valence-corrected chi connectivity index (χ4v) is 2.51. The molecule has 2 rings (SSSR count). The van der Waals surface area contributed by atoms with Gasteiger partial charge in [-0.15, -0.1) is 0 Å². The molecule has 1 amide bonds. The van der Waals surface area contributed by atoms with Crippen LogP contribution < -0.4 is 20.7 Å². The Bertz CT molecular complexity index is 805. The van der Waals surface area contributed by atoms with Crippen LogP contribution in [0.15, 0.2) is 41.3 Å². The molecule has 134 valence electrons. The number of nitrogens with two attached hydrogens (primary N) is 1. The second kappa shape index (κ2) is 7.42. The summed E-state index contributed by atoms with van der Waals surface area (Å²) in [6.45, 7) is 7.82. The zero-order valence-electron chi connectivity index (χ0n) is 15.0. The standard InChI is InChI=1S/C19H24N2O4/c1-5-15-17(24-12-13-9-7-6-8-10-13)16(22)14(19(2,3)4)11-21(15)25-18(20)23/h6-11H,5,12H2,1-4H3,(H2,20,23). The second-order valence-electron chi connectivity index (χ2n) is 6.76. The summed E-state index contributed by atoms with van der Waals surface area (Å²) in [5.74, 6) is 0.181. The molecule has 0 atom stereocenters. The van der Waals surface area contributed by atoms with E-state index in [9.17, 15) is 9.59 Å². The van der Waals surface area contributed by atoms with E-state index in [2.05, 4.69) is 0 Å². The van der Waals surface area contributed by atoms with Gasteiger partial charge in [0.2, 0.25) is 5.43 Å². The average Bonchev–Trinajstić information content (AvgIpc) is 2.54. The van der Waals surface area contributed by atoms with Crippen LogP contribution in [0.5, 0.6) is 5.75 Å². The molecule has 2 aromatic rings. The molecule has 1 aromatic carbocycles. The fourth-order valence-electron chi connectivity index (χ4n) is 2.51. The van der Waals surface area contributed by atoms with E-state index < -0.39 is 11.5 Å². The highest BCUT2D eigenvalue weighted by Gasteiger charge is 2.25. The predicted molar refractivity (Wildman–Crippen MR) is 95.7 cm³/mol. The molecule has 6 nitrogen and oxygen atoms in total. The third-order valence-electron chi connectivity index (χ3n) is 3.78. The highest BCUT2D eigenvalue weighted by atomic mass is 16.7. The number of pyridine rings is 1. The topological polar surface area (TPSA) is 83.6 Å². The van der Waals surface area contributed by atoms with E-state index >= 15 is 0 Å². The molecule has 1 heterocycles. The summed E-state index contributed by atoms with van der Waals surface area (Å²) in [6, 6.07) is 9.54. The Morgan fingerprint density at radius 2 is 1.84 bits per heavy atom. The van der Waals surface area contributed by atoms with Gasteiger partial charge in [-0.25, -0.2) is 4.79 Å². The zero-order chi connectivity index (χ0) is 18.6. The largest absolute Gasteiger partial charge is 0.483 e. The number of nitrogens with zero attached hydrogens (tertiary/aromatic N) is 1. The number of hydrogen-bond donors (Lipinski definition) is 1. The monoisotopic (exact) mass is 344 g/mol. The Morgan fingerprint density at radius 1 is 1.20 bits per heavy atom. The van der Waals surface area contributed by atoms with Gasteiger partial charge in [-0.1, -0.05) is 58.0 Å². The summed E-state index contributed by atoms with van der Waals surface area (Å²) in [7, 11) is 0. The van der Waals surface area contributed by atoms with Crippen LogP contribution in [-0.4, -0.2) is 10.8 Å². The van der Waals surface area contributed by atoms with Crippen molar-refractivity contribution >= 4 is 6.09 Å². The van der Waals surface area contributed by atoms with E-state index in [1.54, 1.807) is 0 Å². The van der Waals surface area contributed by atoms with E-state index in [0.717, 1.165) is 5.56 Å². The van der Waals surface area contributed by atoms with Crippen molar-refractivity contribution in [1.29, 1.82) is 0 Å². The molecule has 0 aliphatic carbocycles. The Hall–Kier alpha value is -2.76. The predicted octanol–water partition coefficient (Wildman–Crippen LogP) is 2.79. The molecule has 0 saturated heterocycles. The quantitative estimate of drug-likeness (QED) is 0.904. The third-order valence-corrected chi connectivity index (χ3v) is 3.78. The van der Waals surface area contributed by atoms with Gasteiger partial charge in [-0.05, 0) is 17.4 Å². The van der Waals surface area contributed by atoms with Crippen molar-refractivity contribution in [2.24, 2.45) is 5.73 Å². The van der Waals surface area contributed by atoms with Gasteiger partial charge in [0.25, 0.3) is 0 Å². The van der Waals surface area contributed by atoms with Crippen LogP contribution in [0, 0.1) is 0 Å². The summed E-state index contributed by atoms with van der Waals surface area (Å²) in [5, 5.41) is 0. The number of rotatable bonds is 5. The number of hydrogen-bond acceptors (Lipinski definition) is 4. The highest BCUT2D eigenvalue weighted by molar-refractivity contribution is 5.65. The molecule has 0 unspecified atom stereocenters. The second-order valence-corrected chi connectivity index (χ2v) is 6.76. The molecular weight excluding hydrogens is 320 g/mol. The molecular formula is C19H24N2O4. The van der Waals surface area contributed by atoms with E-state index in [4.69, 9.17) is 15.3 Å². The van der Waals surface area contributed by atoms with Crippen molar-refractivity contribution in [3.05, 3.63) is 63.6 Å². The van der Waals surface area contributed by atoms with Gasteiger partial charge in [0.1, 0.15) is 12.3 Å². The van der Waals surface area contributed by atoms with Crippen LogP contribution in [-0.2, 0) is 18.4 Å². The number of aromatic nitrogens is 1. The van der Waals surface area contributed by atoms with Gasteiger partial charge in [0.15, 0.2) is 5.75 Å². The normalized spacial score (nSPS) is 11.2. The Kier molecular flexibility index (Phi) is 5.51. The summed E-state index contributed by atoms with van der Waals surface area (Å²) in [4.78, 5) is 29.2. The molecule has 0 spiro atoms. The van der Waals surface area contributed by atoms with Crippen LogP contribution in [0.2, 0.25) is 0 Å². The minimum absolute atomic E-state index is 0.181. The molecule has 0 saturated carbocycles. The fraction of sp³-hybridized carbons (Fsp3) is 0.368. The minimum atomic E-state index is -0.952. The summed E-state index contributed by atoms with van der Waals surface area (Å²) < 4.78 is 7.08. The van der Waals surface area contributed by atoms with Crippen molar-refractivity contribution in [3.8, 4) is 5.75 Å². The van der Waals surface area contributed by atoms with E-state index in [1.165, 1.54) is 10.9 Å². The molecule has 0 aliphatic rings. The number of benzene rings is 1. The van der Waals surface area contributed by atoms with Crippen molar-refractivity contribution in [2.45, 2.75) is 46.1 Å². The maximum absolute atomic E-state index is 12.9. The number of carbonyl (C=O) groups excluding carboxylic acids is 1. The van der Waals surface area contributed by atoms with Gasteiger partial charge in [0.05, 0.1) is 6.20 Å². The van der Waals surface area contributed by atoms with Gasteiger partial charge in [-0.2, -0.15) is 4.73 Å². The van der Waals surface area contributed by atoms with Crippen molar-refractivity contribution < 1.29 is 14.4 Å². The van der Waals surface area contributed by atoms with E-state index in [1.807, 2.05) is 58.0 Å². The summed E-state index contributed by atoms with van der Waals surface area (Å²) in [5.41, 5.74) is 6.39. The van der Waals surface area contributed by atoms with Gasteiger partial charge in [0, 0.05) is 5.56 Å². The first-order valence-corrected chi connectivity index (χ1v) is 8.17. The minimum Gasteiger partial charge on any atom is -0.483 e. The van der Waals surface area contributed by atoms with E-state index in [-0.39, 0.29) is 17.8 Å². The first-order valence-electron chi connectivity index (χ1n) is 8.17. The lowest BCUT2D eigenvalue weighted by Crippen LogP contribution is -2.33. The van der Waals surface area contributed by atoms with Crippen LogP contribution in [0.3, 0.4) is 0 Å². The van der Waals surface area contributed by atoms with Crippen LogP contribution >= 0.6 is 0 Å². The van der Waals surface area contributed by atoms with Gasteiger partial charge >= 0.3 is 6.09 Å². The first kappa shape index (κ1) is 18.6. The molecule has 1 aromatic heterocycles. The zero-order valence-corrected chi connectivity index (χ0v) is 15.0. The number of amides is 1. The molecule has 25 heavy (non-hydrogen) atoms. The molecule has 2 N–H and O–H groups in total. The molecule has 6 heteroatoms. The Balaban J connectivity index is 2.54. The smallest absolute Gasteiger partial charge is 0.429 e. The lowest BCUT2D eigenvalue weighted by Gasteiger charge is -2.23.